The highest BCUT2D eigenvalue weighted by molar-refractivity contribution is 5.10. The van der Waals surface area contributed by atoms with Crippen molar-refractivity contribution >= 4 is 0 Å². The molecule has 0 aliphatic rings. The molecule has 102 valence electrons. The van der Waals surface area contributed by atoms with E-state index >= 15 is 0 Å². The van der Waals surface area contributed by atoms with Crippen molar-refractivity contribution in [2.24, 2.45) is 5.73 Å². The quantitative estimate of drug-likeness (QED) is 0.808. The Morgan fingerprint density at radius 1 is 1.33 bits per heavy atom. The van der Waals surface area contributed by atoms with Crippen molar-refractivity contribution in [3.8, 4) is 0 Å². The highest BCUT2D eigenvalue weighted by Crippen LogP contribution is 2.22. The Balaban J connectivity index is 2.83. The zero-order valence-electron chi connectivity index (χ0n) is 12.2. The summed E-state index contributed by atoms with van der Waals surface area (Å²) in [6.07, 6.45) is 2.29. The van der Waals surface area contributed by atoms with Gasteiger partial charge in [-0.25, -0.2) is 0 Å². The average molecular weight is 249 g/mol. The van der Waals surface area contributed by atoms with E-state index in [0.29, 0.717) is 6.54 Å². The van der Waals surface area contributed by atoms with E-state index in [1.54, 1.807) is 0 Å². The van der Waals surface area contributed by atoms with Gasteiger partial charge in [-0.05, 0) is 38.9 Å². The number of hydrogen-bond donors (Lipinski definition) is 1. The number of nitrogens with two attached hydrogens (primary N) is 1. The monoisotopic (exact) mass is 249 g/mol. The van der Waals surface area contributed by atoms with E-state index < -0.39 is 0 Å². The Morgan fingerprint density at radius 3 is 2.56 bits per heavy atom. The predicted octanol–water partition coefficient (Wildman–Crippen LogP) is 2.73. The smallest absolute Gasteiger partial charge is 0.0547 e. The normalized spacial score (nSPS) is 14.8. The maximum atomic E-state index is 5.99. The fourth-order valence-electron chi connectivity index (χ4n) is 2.50. The second-order valence-electron chi connectivity index (χ2n) is 5.24. The standard InChI is InChI=1S/C15H27N3/c1-5-10-15(4,12-16)18(6-2)11-14-9-7-8-13(3)17-14/h7-9H,5-6,10-12,16H2,1-4H3. The van der Waals surface area contributed by atoms with Crippen LogP contribution in [0, 0.1) is 6.92 Å². The molecule has 0 bridgehead atoms. The zero-order chi connectivity index (χ0) is 13.6. The minimum Gasteiger partial charge on any atom is -0.329 e. The van der Waals surface area contributed by atoms with Crippen LogP contribution in [0.5, 0.6) is 0 Å². The second kappa shape index (κ2) is 6.86. The Bertz CT molecular complexity index is 365. The first-order valence-corrected chi connectivity index (χ1v) is 6.93. The molecule has 3 nitrogen and oxygen atoms in total. The summed E-state index contributed by atoms with van der Waals surface area (Å²) >= 11 is 0. The molecule has 1 rings (SSSR count). The largest absolute Gasteiger partial charge is 0.329 e. The summed E-state index contributed by atoms with van der Waals surface area (Å²) in [7, 11) is 0. The third-order valence-corrected chi connectivity index (χ3v) is 3.67. The van der Waals surface area contributed by atoms with Crippen molar-refractivity contribution in [3.63, 3.8) is 0 Å². The number of hydrogen-bond acceptors (Lipinski definition) is 3. The topological polar surface area (TPSA) is 42.1 Å². The van der Waals surface area contributed by atoms with Crippen molar-refractivity contribution in [1.29, 1.82) is 0 Å². The van der Waals surface area contributed by atoms with E-state index in [0.717, 1.165) is 37.3 Å². The molecule has 1 heterocycles. The van der Waals surface area contributed by atoms with E-state index in [9.17, 15) is 0 Å². The number of aromatic nitrogens is 1. The van der Waals surface area contributed by atoms with Crippen LogP contribution in [0.2, 0.25) is 0 Å². The van der Waals surface area contributed by atoms with Crippen LogP contribution in [0.1, 0.15) is 45.0 Å². The molecule has 0 radical (unpaired) electrons. The van der Waals surface area contributed by atoms with Gasteiger partial charge < -0.3 is 5.73 Å². The number of pyridine rings is 1. The fraction of sp³-hybridized carbons (Fsp3) is 0.667. The lowest BCUT2D eigenvalue weighted by Gasteiger charge is -2.40. The minimum absolute atomic E-state index is 0.0783. The molecule has 1 aromatic rings. The van der Waals surface area contributed by atoms with Crippen LogP contribution in [0.15, 0.2) is 18.2 Å². The molecular formula is C15H27N3. The van der Waals surface area contributed by atoms with Gasteiger partial charge in [-0.3, -0.25) is 9.88 Å². The van der Waals surface area contributed by atoms with Gasteiger partial charge in [0.15, 0.2) is 0 Å². The molecule has 1 aromatic heterocycles. The molecule has 0 saturated carbocycles. The van der Waals surface area contributed by atoms with Crippen LogP contribution in [0.3, 0.4) is 0 Å². The summed E-state index contributed by atoms with van der Waals surface area (Å²) in [6, 6.07) is 6.21. The second-order valence-corrected chi connectivity index (χ2v) is 5.24. The van der Waals surface area contributed by atoms with Crippen LogP contribution in [0.25, 0.3) is 0 Å². The molecule has 0 amide bonds. The Kier molecular flexibility index (Phi) is 5.76. The molecule has 2 N–H and O–H groups in total. The van der Waals surface area contributed by atoms with Crippen molar-refractivity contribution < 1.29 is 0 Å². The number of likely N-dealkylation sites (N-methyl/N-ethyl adjacent to an activating group) is 1. The van der Waals surface area contributed by atoms with Gasteiger partial charge in [0.1, 0.15) is 0 Å². The number of rotatable bonds is 7. The number of nitrogens with zero attached hydrogens (tertiary/aromatic N) is 2. The molecule has 0 aromatic carbocycles. The molecule has 0 fully saturated rings. The van der Waals surface area contributed by atoms with Crippen molar-refractivity contribution in [1.82, 2.24) is 9.88 Å². The van der Waals surface area contributed by atoms with Crippen molar-refractivity contribution in [2.75, 3.05) is 13.1 Å². The van der Waals surface area contributed by atoms with Crippen molar-refractivity contribution in [3.05, 3.63) is 29.6 Å². The van der Waals surface area contributed by atoms with Gasteiger partial charge in [0.2, 0.25) is 0 Å². The fourth-order valence-corrected chi connectivity index (χ4v) is 2.50. The SMILES string of the molecule is CCCC(C)(CN)N(CC)Cc1cccc(C)n1. The molecule has 0 aliphatic heterocycles. The van der Waals surface area contributed by atoms with Crippen LogP contribution >= 0.6 is 0 Å². The third-order valence-electron chi connectivity index (χ3n) is 3.67. The third kappa shape index (κ3) is 3.79. The minimum atomic E-state index is 0.0783. The summed E-state index contributed by atoms with van der Waals surface area (Å²) in [5, 5.41) is 0. The summed E-state index contributed by atoms with van der Waals surface area (Å²) in [6.45, 7) is 11.3. The number of aryl methyl sites for hydroxylation is 1. The Labute approximate surface area is 111 Å². The van der Waals surface area contributed by atoms with Gasteiger partial charge in [0.25, 0.3) is 0 Å². The van der Waals surface area contributed by atoms with E-state index in [1.165, 1.54) is 0 Å². The lowest BCUT2D eigenvalue weighted by Crippen LogP contribution is -2.51. The Morgan fingerprint density at radius 2 is 2.06 bits per heavy atom. The maximum Gasteiger partial charge on any atom is 0.0547 e. The molecule has 0 saturated heterocycles. The zero-order valence-corrected chi connectivity index (χ0v) is 12.2. The first-order valence-electron chi connectivity index (χ1n) is 6.93. The van der Waals surface area contributed by atoms with Crippen LogP contribution in [0.4, 0.5) is 0 Å². The van der Waals surface area contributed by atoms with Gasteiger partial charge >= 0.3 is 0 Å². The van der Waals surface area contributed by atoms with Gasteiger partial charge in [0.05, 0.1) is 5.69 Å². The maximum absolute atomic E-state index is 5.99. The molecular weight excluding hydrogens is 222 g/mol. The van der Waals surface area contributed by atoms with E-state index in [2.05, 4.69) is 42.8 Å². The van der Waals surface area contributed by atoms with Gasteiger partial charge in [0, 0.05) is 24.3 Å². The highest BCUT2D eigenvalue weighted by Gasteiger charge is 2.28. The van der Waals surface area contributed by atoms with E-state index in [1.807, 2.05) is 13.0 Å². The van der Waals surface area contributed by atoms with Crippen LogP contribution < -0.4 is 5.73 Å². The lowest BCUT2D eigenvalue weighted by molar-refractivity contribution is 0.0971. The molecule has 18 heavy (non-hydrogen) atoms. The summed E-state index contributed by atoms with van der Waals surface area (Å²) in [5.74, 6) is 0. The van der Waals surface area contributed by atoms with Crippen LogP contribution in [-0.4, -0.2) is 28.5 Å². The Hall–Kier alpha value is -0.930. The van der Waals surface area contributed by atoms with E-state index in [-0.39, 0.29) is 5.54 Å². The van der Waals surface area contributed by atoms with Gasteiger partial charge in [-0.1, -0.05) is 26.3 Å². The molecule has 1 unspecified atom stereocenters. The van der Waals surface area contributed by atoms with Gasteiger partial charge in [-0.2, -0.15) is 0 Å². The first-order chi connectivity index (χ1) is 8.55. The molecule has 0 spiro atoms. The molecule has 0 aliphatic carbocycles. The molecule has 3 heteroatoms. The first kappa shape index (κ1) is 15.1. The summed E-state index contributed by atoms with van der Waals surface area (Å²) in [5.41, 5.74) is 8.28. The van der Waals surface area contributed by atoms with Crippen molar-refractivity contribution in [2.45, 2.75) is 52.6 Å². The average Bonchev–Trinajstić information content (AvgIpc) is 2.36. The lowest BCUT2D eigenvalue weighted by atomic mass is 9.93. The predicted molar refractivity (Wildman–Crippen MR) is 77.4 cm³/mol. The highest BCUT2D eigenvalue weighted by atomic mass is 15.2. The van der Waals surface area contributed by atoms with Crippen LogP contribution in [-0.2, 0) is 6.54 Å². The van der Waals surface area contributed by atoms with Gasteiger partial charge in [-0.15, -0.1) is 0 Å². The summed E-state index contributed by atoms with van der Waals surface area (Å²) in [4.78, 5) is 7.03. The molecule has 1 atom stereocenters. The summed E-state index contributed by atoms with van der Waals surface area (Å²) < 4.78 is 0. The van der Waals surface area contributed by atoms with E-state index in [4.69, 9.17) is 5.73 Å².